The zero-order chi connectivity index (χ0) is 20.8. The van der Waals surface area contributed by atoms with Crippen LogP contribution in [0.1, 0.15) is 97.8 Å². The highest BCUT2D eigenvalue weighted by Gasteiger charge is 2.26. The molecule has 1 aromatic rings. The molecular formula is C24H40O3. The lowest BCUT2D eigenvalue weighted by atomic mass is 9.78. The highest BCUT2D eigenvalue weighted by Crippen LogP contribution is 2.40. The van der Waals surface area contributed by atoms with Crippen LogP contribution < -0.4 is 0 Å². The number of hydrogen-bond acceptors (Lipinski definition) is 3. The summed E-state index contributed by atoms with van der Waals surface area (Å²) in [6, 6.07) is 4.09. The molecule has 3 nitrogen and oxygen atoms in total. The van der Waals surface area contributed by atoms with E-state index in [1.165, 1.54) is 0 Å². The lowest BCUT2D eigenvalue weighted by Gasteiger charge is -2.28. The highest BCUT2D eigenvalue weighted by molar-refractivity contribution is 5.69. The number of carbonyl (C=O) groups is 1. The molecule has 1 rings (SSSR count). The number of aromatic hydroxyl groups is 1. The Kier molecular flexibility index (Phi) is 8.38. The molecule has 0 unspecified atom stereocenters. The third kappa shape index (κ3) is 7.20. The quantitative estimate of drug-likeness (QED) is 0.542. The van der Waals surface area contributed by atoms with E-state index >= 15 is 0 Å². The van der Waals surface area contributed by atoms with Gasteiger partial charge in [-0.2, -0.15) is 0 Å². The van der Waals surface area contributed by atoms with Crippen molar-refractivity contribution in [1.82, 2.24) is 0 Å². The lowest BCUT2D eigenvalue weighted by molar-refractivity contribution is -0.145. The average molecular weight is 377 g/mol. The second kappa shape index (κ2) is 9.61. The van der Waals surface area contributed by atoms with E-state index < -0.39 is 0 Å². The molecule has 0 saturated heterocycles. The molecule has 1 aromatic carbocycles. The molecule has 1 atom stereocenters. The van der Waals surface area contributed by atoms with Crippen LogP contribution in [0.25, 0.3) is 0 Å². The van der Waals surface area contributed by atoms with Crippen LogP contribution in [0.15, 0.2) is 12.1 Å². The zero-order valence-corrected chi connectivity index (χ0v) is 18.7. The summed E-state index contributed by atoms with van der Waals surface area (Å²) in [6.45, 7) is 17.4. The minimum absolute atomic E-state index is 0.132. The summed E-state index contributed by atoms with van der Waals surface area (Å²) in [4.78, 5) is 12.2. The summed E-state index contributed by atoms with van der Waals surface area (Å²) in [5.74, 6) is 0.714. The number of rotatable bonds is 8. The molecule has 0 aliphatic carbocycles. The summed E-state index contributed by atoms with van der Waals surface area (Å²) in [6.07, 6.45) is 4.28. The number of carbonyl (C=O) groups excluding carboxylic acids is 1. The van der Waals surface area contributed by atoms with Crippen molar-refractivity contribution in [3.8, 4) is 5.75 Å². The van der Waals surface area contributed by atoms with Crippen molar-refractivity contribution in [3.05, 3.63) is 28.8 Å². The minimum atomic E-state index is -0.158. The fraction of sp³-hybridized carbons (Fsp3) is 0.708. The van der Waals surface area contributed by atoms with Gasteiger partial charge in [-0.15, -0.1) is 0 Å². The molecule has 154 valence electrons. The molecule has 0 saturated carbocycles. The monoisotopic (exact) mass is 376 g/mol. The predicted molar refractivity (Wildman–Crippen MR) is 113 cm³/mol. The fourth-order valence-corrected chi connectivity index (χ4v) is 3.32. The van der Waals surface area contributed by atoms with E-state index in [2.05, 4.69) is 55.4 Å². The first kappa shape index (κ1) is 23.5. The van der Waals surface area contributed by atoms with Gasteiger partial charge in [0.05, 0.1) is 6.61 Å². The van der Waals surface area contributed by atoms with Gasteiger partial charge < -0.3 is 9.84 Å². The van der Waals surface area contributed by atoms with E-state index in [4.69, 9.17) is 4.74 Å². The maximum atomic E-state index is 12.2. The Morgan fingerprint density at radius 2 is 1.56 bits per heavy atom. The Morgan fingerprint density at radius 3 is 1.96 bits per heavy atom. The summed E-state index contributed by atoms with van der Waals surface area (Å²) in [7, 11) is 0. The molecule has 0 bridgehead atoms. The van der Waals surface area contributed by atoms with E-state index in [0.29, 0.717) is 31.1 Å². The van der Waals surface area contributed by atoms with E-state index in [0.717, 1.165) is 36.0 Å². The Bertz CT molecular complexity index is 582. The minimum Gasteiger partial charge on any atom is -0.507 e. The van der Waals surface area contributed by atoms with Crippen molar-refractivity contribution in [2.75, 3.05) is 6.61 Å². The van der Waals surface area contributed by atoms with Crippen LogP contribution in [0.5, 0.6) is 5.75 Å². The van der Waals surface area contributed by atoms with E-state index in [9.17, 15) is 9.90 Å². The summed E-state index contributed by atoms with van der Waals surface area (Å²) >= 11 is 0. The van der Waals surface area contributed by atoms with Crippen molar-refractivity contribution < 1.29 is 14.6 Å². The maximum absolute atomic E-state index is 12.2. The van der Waals surface area contributed by atoms with Gasteiger partial charge in [0.2, 0.25) is 0 Å². The van der Waals surface area contributed by atoms with Crippen LogP contribution in [0.4, 0.5) is 0 Å². The van der Waals surface area contributed by atoms with Gasteiger partial charge >= 0.3 is 5.97 Å². The lowest BCUT2D eigenvalue weighted by Crippen LogP contribution is -2.18. The Morgan fingerprint density at radius 1 is 1.04 bits per heavy atom. The SMILES string of the molecule is CCC[C@@H](CC)COC(=O)CCc1cc(C(C)(C)C)c(O)c(C(C)(C)C)c1. The molecule has 0 fully saturated rings. The predicted octanol–water partition coefficient (Wildman–Crippen LogP) is 6.29. The van der Waals surface area contributed by atoms with Gasteiger partial charge in [0, 0.05) is 6.42 Å². The van der Waals surface area contributed by atoms with Crippen molar-refractivity contribution in [3.63, 3.8) is 0 Å². The van der Waals surface area contributed by atoms with Crippen molar-refractivity contribution in [2.24, 2.45) is 5.92 Å². The number of phenols is 1. The van der Waals surface area contributed by atoms with Crippen molar-refractivity contribution >= 4 is 5.97 Å². The van der Waals surface area contributed by atoms with Gasteiger partial charge in [-0.3, -0.25) is 4.79 Å². The number of aryl methyl sites for hydroxylation is 1. The summed E-state index contributed by atoms with van der Waals surface area (Å²) in [5, 5.41) is 10.8. The highest BCUT2D eigenvalue weighted by atomic mass is 16.5. The Hall–Kier alpha value is -1.51. The first-order valence-electron chi connectivity index (χ1n) is 10.4. The summed E-state index contributed by atoms with van der Waals surface area (Å²) in [5.41, 5.74) is 2.64. The number of phenolic OH excluding ortho intramolecular Hbond substituents is 1. The Balaban J connectivity index is 2.90. The topological polar surface area (TPSA) is 46.5 Å². The molecule has 3 heteroatoms. The van der Waals surface area contributed by atoms with Crippen molar-refractivity contribution in [1.29, 1.82) is 0 Å². The van der Waals surface area contributed by atoms with Crippen LogP contribution in [0, 0.1) is 5.92 Å². The molecule has 0 amide bonds. The fourth-order valence-electron chi connectivity index (χ4n) is 3.32. The first-order valence-corrected chi connectivity index (χ1v) is 10.4. The van der Waals surface area contributed by atoms with Gasteiger partial charge in [0.25, 0.3) is 0 Å². The van der Waals surface area contributed by atoms with Crippen LogP contribution in [0.3, 0.4) is 0 Å². The van der Waals surface area contributed by atoms with Crippen LogP contribution in [-0.4, -0.2) is 17.7 Å². The van der Waals surface area contributed by atoms with Gasteiger partial charge in [0.15, 0.2) is 0 Å². The number of ether oxygens (including phenoxy) is 1. The van der Waals surface area contributed by atoms with Crippen LogP contribution in [0.2, 0.25) is 0 Å². The molecule has 0 aliphatic rings. The zero-order valence-electron chi connectivity index (χ0n) is 18.7. The number of benzene rings is 1. The average Bonchev–Trinajstić information content (AvgIpc) is 2.55. The molecule has 0 aliphatic heterocycles. The third-order valence-corrected chi connectivity index (χ3v) is 5.16. The Labute approximate surface area is 166 Å². The third-order valence-electron chi connectivity index (χ3n) is 5.16. The molecule has 0 heterocycles. The van der Waals surface area contributed by atoms with Gasteiger partial charge in [-0.1, -0.05) is 80.4 Å². The smallest absolute Gasteiger partial charge is 0.306 e. The second-order valence-electron chi connectivity index (χ2n) is 9.79. The van der Waals surface area contributed by atoms with Gasteiger partial charge in [0.1, 0.15) is 5.75 Å². The normalized spacial score (nSPS) is 13.5. The molecule has 1 N–H and O–H groups in total. The van der Waals surface area contributed by atoms with Gasteiger partial charge in [-0.25, -0.2) is 0 Å². The van der Waals surface area contributed by atoms with Gasteiger partial charge in [-0.05, 0) is 46.3 Å². The van der Waals surface area contributed by atoms with Crippen LogP contribution in [-0.2, 0) is 26.8 Å². The maximum Gasteiger partial charge on any atom is 0.306 e. The standard InChI is InChI=1S/C24H40O3/c1-9-11-17(10-2)16-27-21(25)13-12-18-14-19(23(3,4)5)22(26)20(15-18)24(6,7)8/h14-15,17,26H,9-13,16H2,1-8H3/t17-/m1/s1. The first-order chi connectivity index (χ1) is 12.4. The number of esters is 1. The van der Waals surface area contributed by atoms with E-state index in [-0.39, 0.29) is 16.8 Å². The molecule has 0 spiro atoms. The summed E-state index contributed by atoms with van der Waals surface area (Å²) < 4.78 is 5.50. The largest absolute Gasteiger partial charge is 0.507 e. The van der Waals surface area contributed by atoms with Crippen LogP contribution >= 0.6 is 0 Å². The molecule has 0 aromatic heterocycles. The molecule has 27 heavy (non-hydrogen) atoms. The molecule has 0 radical (unpaired) electrons. The van der Waals surface area contributed by atoms with E-state index in [1.54, 1.807) is 0 Å². The van der Waals surface area contributed by atoms with Crippen molar-refractivity contribution in [2.45, 2.75) is 98.3 Å². The van der Waals surface area contributed by atoms with E-state index in [1.807, 2.05) is 12.1 Å². The second-order valence-corrected chi connectivity index (χ2v) is 9.79. The molecular weight excluding hydrogens is 336 g/mol. The number of hydrogen-bond donors (Lipinski definition) is 1.